The Hall–Kier alpha value is -3.64. The third-order valence-electron chi connectivity index (χ3n) is 4.37. The average molecular weight is 498 g/mol. The third kappa shape index (κ3) is 4.82. The molecular formula is C21H9F11N2. The first kappa shape index (κ1) is 25.0. The van der Waals surface area contributed by atoms with Crippen LogP contribution in [0.2, 0.25) is 0 Å². The van der Waals surface area contributed by atoms with E-state index in [-0.39, 0.29) is 0 Å². The Morgan fingerprint density at radius 2 is 1.03 bits per heavy atom. The van der Waals surface area contributed by atoms with Crippen molar-refractivity contribution in [2.75, 3.05) is 5.32 Å². The van der Waals surface area contributed by atoms with Gasteiger partial charge in [0, 0.05) is 0 Å². The molecule has 0 bridgehead atoms. The quantitative estimate of drug-likeness (QED) is 0.130. The van der Waals surface area contributed by atoms with Gasteiger partial charge in [-0.2, -0.15) is 26.3 Å². The number of anilines is 1. The lowest BCUT2D eigenvalue weighted by molar-refractivity contribution is -0.137. The van der Waals surface area contributed by atoms with Gasteiger partial charge in [-0.3, -0.25) is 0 Å². The van der Waals surface area contributed by atoms with Crippen molar-refractivity contribution in [1.82, 2.24) is 0 Å². The molecule has 3 rings (SSSR count). The number of rotatable bonds is 3. The van der Waals surface area contributed by atoms with E-state index in [9.17, 15) is 48.3 Å². The molecule has 3 aromatic rings. The van der Waals surface area contributed by atoms with Crippen molar-refractivity contribution in [3.05, 3.63) is 94.3 Å². The van der Waals surface area contributed by atoms with Crippen LogP contribution < -0.4 is 5.32 Å². The summed E-state index contributed by atoms with van der Waals surface area (Å²) in [5.74, 6) is -14.0. The van der Waals surface area contributed by atoms with E-state index < -0.39 is 75.3 Å². The molecule has 0 unspecified atom stereocenters. The van der Waals surface area contributed by atoms with Crippen LogP contribution in [-0.4, -0.2) is 5.84 Å². The summed E-state index contributed by atoms with van der Waals surface area (Å²) in [6.45, 7) is 0. The van der Waals surface area contributed by atoms with Gasteiger partial charge in [-0.25, -0.2) is 26.9 Å². The Kier molecular flexibility index (Phi) is 6.58. The zero-order chi connectivity index (χ0) is 25.4. The highest BCUT2D eigenvalue weighted by Gasteiger charge is 2.36. The molecule has 3 aromatic carbocycles. The molecule has 0 heterocycles. The second-order valence-electron chi connectivity index (χ2n) is 6.59. The largest absolute Gasteiger partial charge is 0.418 e. The van der Waals surface area contributed by atoms with Gasteiger partial charge in [-0.1, -0.05) is 24.3 Å². The van der Waals surface area contributed by atoms with Gasteiger partial charge in [-0.15, -0.1) is 0 Å². The number of para-hydroxylation sites is 2. The number of nitrogens with one attached hydrogen (secondary N) is 1. The summed E-state index contributed by atoms with van der Waals surface area (Å²) < 4.78 is 150. The number of hydrogen-bond donors (Lipinski definition) is 1. The summed E-state index contributed by atoms with van der Waals surface area (Å²) >= 11 is 0. The number of halogens is 11. The predicted molar refractivity (Wildman–Crippen MR) is 98.9 cm³/mol. The summed E-state index contributed by atoms with van der Waals surface area (Å²) in [7, 11) is 0. The van der Waals surface area contributed by atoms with Crippen LogP contribution in [0.1, 0.15) is 16.7 Å². The van der Waals surface area contributed by atoms with Crippen molar-refractivity contribution in [3.8, 4) is 0 Å². The maximum absolute atomic E-state index is 14.4. The molecule has 0 atom stereocenters. The zero-order valence-electron chi connectivity index (χ0n) is 16.2. The lowest BCUT2D eigenvalue weighted by atomic mass is 10.1. The normalized spacial score (nSPS) is 12.7. The second-order valence-corrected chi connectivity index (χ2v) is 6.59. The number of alkyl halides is 6. The van der Waals surface area contributed by atoms with Gasteiger partial charge >= 0.3 is 12.4 Å². The van der Waals surface area contributed by atoms with E-state index >= 15 is 0 Å². The summed E-state index contributed by atoms with van der Waals surface area (Å²) in [4.78, 5) is 3.33. The molecular weight excluding hydrogens is 489 g/mol. The summed E-state index contributed by atoms with van der Waals surface area (Å²) in [6.07, 6.45) is -10.1. The molecule has 0 aromatic heterocycles. The first-order valence-electron chi connectivity index (χ1n) is 8.93. The Balaban J connectivity index is 2.35. The molecule has 0 amide bonds. The first-order valence-corrected chi connectivity index (χ1v) is 8.93. The summed E-state index contributed by atoms with van der Waals surface area (Å²) in [5.41, 5.74) is -6.82. The van der Waals surface area contributed by atoms with Gasteiger partial charge in [0.2, 0.25) is 5.82 Å². The number of hydrogen-bond acceptors (Lipinski definition) is 1. The molecule has 34 heavy (non-hydrogen) atoms. The zero-order valence-corrected chi connectivity index (χ0v) is 16.2. The molecule has 1 N–H and O–H groups in total. The molecule has 13 heteroatoms. The van der Waals surface area contributed by atoms with Crippen LogP contribution in [0.15, 0.2) is 53.5 Å². The lowest BCUT2D eigenvalue weighted by Gasteiger charge is -2.18. The minimum absolute atomic E-state index is 0.499. The molecule has 0 aliphatic rings. The van der Waals surface area contributed by atoms with Crippen LogP contribution in [0.5, 0.6) is 0 Å². The molecule has 0 fully saturated rings. The number of aliphatic imine (C=N–C) groups is 1. The topological polar surface area (TPSA) is 24.4 Å². The van der Waals surface area contributed by atoms with Gasteiger partial charge in [0.1, 0.15) is 5.84 Å². The van der Waals surface area contributed by atoms with Crippen molar-refractivity contribution in [3.63, 3.8) is 0 Å². The SMILES string of the molecule is Fc1c(F)c(F)c(C(=Nc2ccccc2C(F)(F)F)Nc2ccccc2C(F)(F)F)c(F)c1F. The van der Waals surface area contributed by atoms with Gasteiger partial charge in [0.15, 0.2) is 23.3 Å². The van der Waals surface area contributed by atoms with E-state index in [1.165, 1.54) is 0 Å². The summed E-state index contributed by atoms with van der Waals surface area (Å²) in [6, 6.07) is 6.31. The van der Waals surface area contributed by atoms with E-state index in [1.807, 2.05) is 0 Å². The molecule has 0 saturated carbocycles. The lowest BCUT2D eigenvalue weighted by Crippen LogP contribution is -2.22. The monoisotopic (exact) mass is 498 g/mol. The van der Waals surface area contributed by atoms with E-state index in [2.05, 4.69) is 4.99 Å². The van der Waals surface area contributed by atoms with E-state index in [4.69, 9.17) is 0 Å². The highest BCUT2D eigenvalue weighted by molar-refractivity contribution is 6.10. The number of amidine groups is 1. The first-order chi connectivity index (χ1) is 15.7. The average Bonchev–Trinajstić information content (AvgIpc) is 2.75. The van der Waals surface area contributed by atoms with Crippen molar-refractivity contribution >= 4 is 17.2 Å². The van der Waals surface area contributed by atoms with Crippen LogP contribution in [-0.2, 0) is 12.4 Å². The van der Waals surface area contributed by atoms with E-state index in [0.717, 1.165) is 30.3 Å². The predicted octanol–water partition coefficient (Wildman–Crippen LogP) is 7.61. The van der Waals surface area contributed by atoms with E-state index in [1.54, 1.807) is 5.32 Å². The second kappa shape index (κ2) is 8.95. The maximum atomic E-state index is 14.4. The smallest absolute Gasteiger partial charge is 0.339 e. The highest BCUT2D eigenvalue weighted by atomic mass is 19.4. The Bertz CT molecular complexity index is 1230. The van der Waals surface area contributed by atoms with Crippen molar-refractivity contribution in [2.24, 2.45) is 4.99 Å². The Labute approximate surface area is 183 Å². The van der Waals surface area contributed by atoms with Crippen molar-refractivity contribution in [2.45, 2.75) is 12.4 Å². The standard InChI is InChI=1S/C21H9F11N2/c22-14-13(15(23)17(25)18(26)16(14)24)19(33-11-7-3-1-5-9(11)20(27,28)29)34-12-8-4-2-6-10(12)21(30,31)32/h1-8H,(H,33,34). The van der Waals surface area contributed by atoms with Crippen LogP contribution in [0.3, 0.4) is 0 Å². The van der Waals surface area contributed by atoms with Gasteiger partial charge < -0.3 is 5.32 Å². The molecule has 0 spiro atoms. The number of nitrogens with zero attached hydrogens (tertiary/aromatic N) is 1. The van der Waals surface area contributed by atoms with Gasteiger partial charge in [-0.05, 0) is 24.3 Å². The molecule has 0 aliphatic heterocycles. The van der Waals surface area contributed by atoms with Crippen molar-refractivity contribution in [1.29, 1.82) is 0 Å². The van der Waals surface area contributed by atoms with Gasteiger partial charge in [0.05, 0.1) is 28.1 Å². The molecule has 0 saturated heterocycles. The fraction of sp³-hybridized carbons (Fsp3) is 0.0952. The molecule has 180 valence electrons. The molecule has 2 nitrogen and oxygen atoms in total. The molecule has 0 radical (unpaired) electrons. The summed E-state index contributed by atoms with van der Waals surface area (Å²) in [5, 5.41) is 1.78. The van der Waals surface area contributed by atoms with E-state index in [0.29, 0.717) is 18.2 Å². The van der Waals surface area contributed by atoms with Crippen LogP contribution >= 0.6 is 0 Å². The maximum Gasteiger partial charge on any atom is 0.418 e. The number of benzene rings is 3. The van der Waals surface area contributed by atoms with Gasteiger partial charge in [0.25, 0.3) is 0 Å². The fourth-order valence-corrected chi connectivity index (χ4v) is 2.86. The molecule has 0 aliphatic carbocycles. The fourth-order valence-electron chi connectivity index (χ4n) is 2.86. The van der Waals surface area contributed by atoms with Crippen LogP contribution in [0.4, 0.5) is 59.7 Å². The van der Waals surface area contributed by atoms with Crippen LogP contribution in [0, 0.1) is 29.1 Å². The minimum Gasteiger partial charge on any atom is -0.339 e. The van der Waals surface area contributed by atoms with Crippen LogP contribution in [0.25, 0.3) is 0 Å². The Morgan fingerprint density at radius 1 is 0.588 bits per heavy atom. The minimum atomic E-state index is -5.08. The Morgan fingerprint density at radius 3 is 1.56 bits per heavy atom. The van der Waals surface area contributed by atoms with Crippen molar-refractivity contribution < 1.29 is 48.3 Å². The highest BCUT2D eigenvalue weighted by Crippen LogP contribution is 2.38. The third-order valence-corrected chi connectivity index (χ3v) is 4.37.